The van der Waals surface area contributed by atoms with E-state index in [4.69, 9.17) is 17.3 Å². The molecular weight excluding hydrogens is 555 g/mol. The Hall–Kier alpha value is -2.56. The minimum Gasteiger partial charge on any atom is -0.344 e. The van der Waals surface area contributed by atoms with Gasteiger partial charge in [-0.05, 0) is 49.6 Å². The number of carbonyl (C=O) groups is 2. The van der Waals surface area contributed by atoms with Crippen LogP contribution in [-0.4, -0.2) is 96.6 Å². The maximum Gasteiger partial charge on any atom is 0.245 e. The molecular formula is C32H46ClFN6O2. The summed E-state index contributed by atoms with van der Waals surface area (Å²) in [5.41, 5.74) is 7.36. The third-order valence-corrected chi connectivity index (χ3v) is 8.54. The summed E-state index contributed by atoms with van der Waals surface area (Å²) in [4.78, 5) is 31.2. The fourth-order valence-electron chi connectivity index (χ4n) is 5.92. The second-order valence-electron chi connectivity index (χ2n) is 12.1. The van der Waals surface area contributed by atoms with Crippen LogP contribution in [0.2, 0.25) is 5.02 Å². The number of nitrogens with two attached hydrogens (primary N) is 1. The molecule has 2 saturated heterocycles. The van der Waals surface area contributed by atoms with Crippen LogP contribution in [0.5, 0.6) is 0 Å². The minimum atomic E-state index is -0.810. The minimum absolute atomic E-state index is 0.105. The van der Waals surface area contributed by atoms with Gasteiger partial charge in [0.1, 0.15) is 11.9 Å². The maximum absolute atomic E-state index is 14.2. The van der Waals surface area contributed by atoms with Crippen molar-refractivity contribution < 1.29 is 14.0 Å². The molecule has 3 N–H and O–H groups in total. The van der Waals surface area contributed by atoms with Gasteiger partial charge < -0.3 is 20.9 Å². The summed E-state index contributed by atoms with van der Waals surface area (Å²) < 4.78 is 14.2. The number of benzene rings is 2. The lowest BCUT2D eigenvalue weighted by Crippen LogP contribution is -2.60. The molecule has 2 atom stereocenters. The van der Waals surface area contributed by atoms with Gasteiger partial charge in [-0.25, -0.2) is 14.4 Å². The van der Waals surface area contributed by atoms with E-state index in [-0.39, 0.29) is 23.8 Å². The van der Waals surface area contributed by atoms with Gasteiger partial charge in [-0.1, -0.05) is 55.8 Å². The SMILES string of the molecule is CC(C)CN(C1CCN(C(=O)[C@@H](Cc2ccc(Cl)cc2)NC(=O)C[C@H](N)c2ccccc2F)CC1)N1CCN(C)CC1. The number of likely N-dealkylation sites (N-methyl/N-ethyl adjacent to an activating group) is 1. The van der Waals surface area contributed by atoms with Crippen molar-refractivity contribution in [2.24, 2.45) is 11.7 Å². The first kappa shape index (κ1) is 32.4. The molecule has 0 saturated carbocycles. The van der Waals surface area contributed by atoms with Crippen LogP contribution >= 0.6 is 11.6 Å². The Kier molecular flexibility index (Phi) is 11.7. The molecule has 4 rings (SSSR count). The number of rotatable bonds is 11. The summed E-state index contributed by atoms with van der Waals surface area (Å²) in [5, 5.41) is 8.59. The third-order valence-electron chi connectivity index (χ3n) is 8.29. The van der Waals surface area contributed by atoms with E-state index in [9.17, 15) is 14.0 Å². The highest BCUT2D eigenvalue weighted by molar-refractivity contribution is 6.30. The molecule has 42 heavy (non-hydrogen) atoms. The lowest BCUT2D eigenvalue weighted by molar-refractivity contribution is -0.140. The topological polar surface area (TPSA) is 85.1 Å². The van der Waals surface area contributed by atoms with Gasteiger partial charge in [0.15, 0.2) is 0 Å². The molecule has 2 fully saturated rings. The highest BCUT2D eigenvalue weighted by Crippen LogP contribution is 2.23. The van der Waals surface area contributed by atoms with Crippen LogP contribution in [0.4, 0.5) is 4.39 Å². The summed E-state index contributed by atoms with van der Waals surface area (Å²) in [6.07, 6.45) is 1.97. The van der Waals surface area contributed by atoms with Crippen LogP contribution < -0.4 is 11.1 Å². The number of carbonyl (C=O) groups excluding carboxylic acids is 2. The van der Waals surface area contributed by atoms with E-state index < -0.39 is 17.9 Å². The normalized spacial score (nSPS) is 18.8. The van der Waals surface area contributed by atoms with Gasteiger partial charge >= 0.3 is 0 Å². The molecule has 2 aliphatic rings. The molecule has 0 unspecified atom stereocenters. The van der Waals surface area contributed by atoms with Crippen molar-refractivity contribution in [3.05, 3.63) is 70.5 Å². The first-order valence-electron chi connectivity index (χ1n) is 15.1. The van der Waals surface area contributed by atoms with E-state index in [0.717, 1.165) is 51.1 Å². The summed E-state index contributed by atoms with van der Waals surface area (Å²) in [6.45, 7) is 10.9. The third kappa shape index (κ3) is 8.97. The summed E-state index contributed by atoms with van der Waals surface area (Å²) in [5.74, 6) is -0.395. The van der Waals surface area contributed by atoms with Gasteiger partial charge in [0.2, 0.25) is 11.8 Å². The standard InChI is InChI=1S/C32H46ClFN6O2/c1-23(2)22-40(39-18-16-37(3)17-19-39)26-12-14-38(15-13-26)32(42)30(20-24-8-10-25(33)11-9-24)36-31(41)21-29(35)27-6-4-5-7-28(27)34/h4-11,23,26,29-30H,12-22,35H2,1-3H3,(H,36,41)/t29-,30+/m0/s1. The van der Waals surface area contributed by atoms with E-state index in [2.05, 4.69) is 41.1 Å². The second kappa shape index (κ2) is 15.3. The zero-order chi connectivity index (χ0) is 30.2. The molecule has 0 aromatic heterocycles. The molecule has 2 heterocycles. The van der Waals surface area contributed by atoms with Crippen LogP contribution in [0.25, 0.3) is 0 Å². The van der Waals surface area contributed by atoms with Crippen molar-refractivity contribution in [2.75, 3.05) is 52.9 Å². The molecule has 2 aliphatic heterocycles. The van der Waals surface area contributed by atoms with Gasteiger partial charge in [0.05, 0.1) is 0 Å². The number of piperidine rings is 1. The van der Waals surface area contributed by atoms with E-state index in [1.54, 1.807) is 30.3 Å². The molecule has 10 heteroatoms. The highest BCUT2D eigenvalue weighted by atomic mass is 35.5. The fraction of sp³-hybridized carbons (Fsp3) is 0.562. The molecule has 8 nitrogen and oxygen atoms in total. The number of hydrogen-bond acceptors (Lipinski definition) is 6. The quantitative estimate of drug-likeness (QED) is 0.409. The molecule has 0 bridgehead atoms. The molecule has 0 aliphatic carbocycles. The van der Waals surface area contributed by atoms with E-state index in [1.165, 1.54) is 6.07 Å². The van der Waals surface area contributed by atoms with Crippen LogP contribution in [0, 0.1) is 11.7 Å². The average Bonchev–Trinajstić information content (AvgIpc) is 2.97. The number of nitrogens with zero attached hydrogens (tertiary/aromatic N) is 4. The summed E-state index contributed by atoms with van der Waals surface area (Å²) in [7, 11) is 2.17. The van der Waals surface area contributed by atoms with Gasteiger partial charge in [-0.2, -0.15) is 0 Å². The Balaban J connectivity index is 1.42. The Morgan fingerprint density at radius 3 is 2.29 bits per heavy atom. The number of hydrogen-bond donors (Lipinski definition) is 2. The lowest BCUT2D eigenvalue weighted by atomic mass is 9.99. The van der Waals surface area contributed by atoms with Gasteiger partial charge in [0, 0.05) is 81.3 Å². The molecule has 0 radical (unpaired) electrons. The molecule has 230 valence electrons. The molecule has 2 amide bonds. The summed E-state index contributed by atoms with van der Waals surface area (Å²) >= 11 is 6.08. The average molecular weight is 601 g/mol. The van der Waals surface area contributed by atoms with Crippen molar-refractivity contribution in [1.29, 1.82) is 0 Å². The second-order valence-corrected chi connectivity index (χ2v) is 12.5. The number of nitrogens with one attached hydrogen (secondary N) is 1. The maximum atomic E-state index is 14.2. The number of amides is 2. The first-order chi connectivity index (χ1) is 20.1. The number of hydrazine groups is 1. The molecule has 0 spiro atoms. The monoisotopic (exact) mass is 600 g/mol. The smallest absolute Gasteiger partial charge is 0.245 e. The fourth-order valence-corrected chi connectivity index (χ4v) is 6.05. The van der Waals surface area contributed by atoms with E-state index >= 15 is 0 Å². The lowest BCUT2D eigenvalue weighted by Gasteiger charge is -2.47. The van der Waals surface area contributed by atoms with Crippen molar-refractivity contribution in [1.82, 2.24) is 25.1 Å². The van der Waals surface area contributed by atoms with Crippen LogP contribution in [-0.2, 0) is 16.0 Å². The Morgan fingerprint density at radius 1 is 1.02 bits per heavy atom. The predicted octanol–water partition coefficient (Wildman–Crippen LogP) is 3.71. The Labute approximate surface area is 254 Å². The van der Waals surface area contributed by atoms with E-state index in [0.29, 0.717) is 36.5 Å². The largest absolute Gasteiger partial charge is 0.344 e. The van der Waals surface area contributed by atoms with Crippen LogP contribution in [0.1, 0.15) is 50.3 Å². The van der Waals surface area contributed by atoms with Crippen molar-refractivity contribution >= 4 is 23.4 Å². The van der Waals surface area contributed by atoms with Crippen LogP contribution in [0.15, 0.2) is 48.5 Å². The van der Waals surface area contributed by atoms with Crippen molar-refractivity contribution in [3.8, 4) is 0 Å². The van der Waals surface area contributed by atoms with Gasteiger partial charge in [-0.15, -0.1) is 0 Å². The Morgan fingerprint density at radius 2 is 1.67 bits per heavy atom. The number of halogens is 2. The Bertz CT molecular complexity index is 1170. The van der Waals surface area contributed by atoms with Crippen molar-refractivity contribution in [3.63, 3.8) is 0 Å². The molecule has 2 aromatic rings. The number of piperazine rings is 1. The van der Waals surface area contributed by atoms with E-state index in [1.807, 2.05) is 17.0 Å². The zero-order valence-electron chi connectivity index (χ0n) is 25.1. The zero-order valence-corrected chi connectivity index (χ0v) is 25.9. The first-order valence-corrected chi connectivity index (χ1v) is 15.5. The highest BCUT2D eigenvalue weighted by Gasteiger charge is 2.34. The summed E-state index contributed by atoms with van der Waals surface area (Å²) in [6, 6.07) is 12.3. The molecule has 2 aromatic carbocycles. The van der Waals surface area contributed by atoms with Gasteiger partial charge in [0.25, 0.3) is 0 Å². The van der Waals surface area contributed by atoms with Gasteiger partial charge in [-0.3, -0.25) is 9.59 Å². The van der Waals surface area contributed by atoms with Crippen LogP contribution in [0.3, 0.4) is 0 Å². The predicted molar refractivity (Wildman–Crippen MR) is 165 cm³/mol. The number of likely N-dealkylation sites (tertiary alicyclic amines) is 1. The van der Waals surface area contributed by atoms with Crippen molar-refractivity contribution in [2.45, 2.75) is 57.7 Å².